The summed E-state index contributed by atoms with van der Waals surface area (Å²) in [6.07, 6.45) is 2.79. The van der Waals surface area contributed by atoms with Crippen LogP contribution in [-0.2, 0) is 4.74 Å². The van der Waals surface area contributed by atoms with Crippen molar-refractivity contribution in [3.8, 4) is 0 Å². The van der Waals surface area contributed by atoms with Gasteiger partial charge in [0, 0.05) is 18.1 Å². The van der Waals surface area contributed by atoms with E-state index in [0.717, 1.165) is 23.1 Å². The van der Waals surface area contributed by atoms with Crippen LogP contribution < -0.4 is 5.56 Å². The van der Waals surface area contributed by atoms with Crippen molar-refractivity contribution in [1.29, 1.82) is 0 Å². The van der Waals surface area contributed by atoms with Crippen LogP contribution in [0.25, 0.3) is 11.0 Å². The molecule has 2 aromatic heterocycles. The Labute approximate surface area is 115 Å². The first-order valence-electron chi connectivity index (χ1n) is 6.22. The minimum Gasteiger partial charge on any atom is -0.379 e. The summed E-state index contributed by atoms with van der Waals surface area (Å²) in [5, 5.41) is 1.63. The van der Waals surface area contributed by atoms with E-state index >= 15 is 0 Å². The van der Waals surface area contributed by atoms with E-state index in [0.29, 0.717) is 18.4 Å². The molecule has 0 amide bonds. The van der Waals surface area contributed by atoms with Crippen LogP contribution in [0.3, 0.4) is 0 Å². The second kappa shape index (κ2) is 4.94. The Morgan fingerprint density at radius 3 is 2.95 bits per heavy atom. The Balaban J connectivity index is 2.31. The average Bonchev–Trinajstić information content (AvgIpc) is 2.91. The predicted molar refractivity (Wildman–Crippen MR) is 74.8 cm³/mol. The molecular weight excluding hydrogens is 262 g/mol. The number of aromatic nitrogens is 3. The standard InChI is InChI=1S/C13H15N3O2S/c1-8-10-3-4-11(17)16(9-5-6-18-7-9)12(10)15-13(14-8)19-2/h3-4,9H,5-7H2,1-2H3. The van der Waals surface area contributed by atoms with Gasteiger partial charge in [-0.05, 0) is 25.7 Å². The molecule has 5 nitrogen and oxygen atoms in total. The first kappa shape index (κ1) is 12.6. The lowest BCUT2D eigenvalue weighted by Gasteiger charge is -2.15. The molecule has 0 aromatic carbocycles. The molecule has 0 spiro atoms. The van der Waals surface area contributed by atoms with E-state index in [1.165, 1.54) is 11.8 Å². The van der Waals surface area contributed by atoms with Crippen molar-refractivity contribution in [2.24, 2.45) is 0 Å². The third kappa shape index (κ3) is 2.15. The first-order valence-corrected chi connectivity index (χ1v) is 7.45. The van der Waals surface area contributed by atoms with Gasteiger partial charge in [-0.2, -0.15) is 0 Å². The summed E-state index contributed by atoms with van der Waals surface area (Å²) in [5.74, 6) is 0. The summed E-state index contributed by atoms with van der Waals surface area (Å²) >= 11 is 1.49. The van der Waals surface area contributed by atoms with Gasteiger partial charge in [-0.25, -0.2) is 9.97 Å². The third-order valence-electron chi connectivity index (χ3n) is 3.41. The summed E-state index contributed by atoms with van der Waals surface area (Å²) in [4.78, 5) is 21.1. The van der Waals surface area contributed by atoms with Gasteiger partial charge < -0.3 is 4.74 Å². The number of thioether (sulfide) groups is 1. The van der Waals surface area contributed by atoms with E-state index in [2.05, 4.69) is 9.97 Å². The molecule has 19 heavy (non-hydrogen) atoms. The quantitative estimate of drug-likeness (QED) is 0.618. The largest absolute Gasteiger partial charge is 0.379 e. The molecule has 6 heteroatoms. The number of fused-ring (bicyclic) bond motifs is 1. The highest BCUT2D eigenvalue weighted by Gasteiger charge is 2.21. The number of ether oxygens (including phenoxy) is 1. The summed E-state index contributed by atoms with van der Waals surface area (Å²) in [6, 6.07) is 3.49. The molecule has 1 saturated heterocycles. The second-order valence-electron chi connectivity index (χ2n) is 4.59. The maximum absolute atomic E-state index is 12.2. The minimum atomic E-state index is -0.0202. The predicted octanol–water partition coefficient (Wildman–Crippen LogP) is 1.78. The molecule has 1 aliphatic rings. The van der Waals surface area contributed by atoms with Gasteiger partial charge >= 0.3 is 0 Å². The highest BCUT2D eigenvalue weighted by Crippen LogP contribution is 2.23. The summed E-state index contributed by atoms with van der Waals surface area (Å²) in [5.41, 5.74) is 1.61. The van der Waals surface area contributed by atoms with Crippen LogP contribution in [0.15, 0.2) is 22.1 Å². The zero-order valence-corrected chi connectivity index (χ0v) is 11.7. The lowest BCUT2D eigenvalue weighted by molar-refractivity contribution is 0.186. The smallest absolute Gasteiger partial charge is 0.252 e. The molecule has 0 saturated carbocycles. The molecule has 0 aliphatic carbocycles. The minimum absolute atomic E-state index is 0.0202. The molecule has 0 N–H and O–H groups in total. The lowest BCUT2D eigenvalue weighted by atomic mass is 10.2. The molecule has 1 atom stereocenters. The maximum atomic E-state index is 12.2. The van der Waals surface area contributed by atoms with Gasteiger partial charge in [-0.3, -0.25) is 9.36 Å². The Morgan fingerprint density at radius 1 is 1.42 bits per heavy atom. The number of pyridine rings is 1. The van der Waals surface area contributed by atoms with Crippen molar-refractivity contribution in [3.05, 3.63) is 28.2 Å². The van der Waals surface area contributed by atoms with Crippen LogP contribution in [0.2, 0.25) is 0 Å². The summed E-state index contributed by atoms with van der Waals surface area (Å²) in [6.45, 7) is 3.23. The van der Waals surface area contributed by atoms with E-state index in [-0.39, 0.29) is 11.6 Å². The van der Waals surface area contributed by atoms with Gasteiger partial charge in [-0.1, -0.05) is 11.8 Å². The van der Waals surface area contributed by atoms with Crippen LogP contribution in [0.5, 0.6) is 0 Å². The van der Waals surface area contributed by atoms with E-state index in [1.54, 1.807) is 10.6 Å². The molecule has 1 aliphatic heterocycles. The third-order valence-corrected chi connectivity index (χ3v) is 3.95. The average molecular weight is 277 g/mol. The van der Waals surface area contributed by atoms with Crippen LogP contribution in [0, 0.1) is 6.92 Å². The Morgan fingerprint density at radius 2 is 2.26 bits per heavy atom. The van der Waals surface area contributed by atoms with Crippen molar-refractivity contribution in [2.45, 2.75) is 24.5 Å². The normalized spacial score (nSPS) is 19.2. The number of aryl methyl sites for hydroxylation is 1. The first-order chi connectivity index (χ1) is 9.20. The molecule has 2 aromatic rings. The van der Waals surface area contributed by atoms with Gasteiger partial charge in [0.1, 0.15) is 5.65 Å². The topological polar surface area (TPSA) is 57.0 Å². The maximum Gasteiger partial charge on any atom is 0.252 e. The van der Waals surface area contributed by atoms with Crippen LogP contribution >= 0.6 is 11.8 Å². The van der Waals surface area contributed by atoms with Crippen molar-refractivity contribution < 1.29 is 4.74 Å². The highest BCUT2D eigenvalue weighted by molar-refractivity contribution is 7.98. The number of nitrogens with zero attached hydrogens (tertiary/aromatic N) is 3. The van der Waals surface area contributed by atoms with Gasteiger partial charge in [0.15, 0.2) is 5.16 Å². The monoisotopic (exact) mass is 277 g/mol. The van der Waals surface area contributed by atoms with Gasteiger partial charge in [0.25, 0.3) is 5.56 Å². The van der Waals surface area contributed by atoms with Crippen LogP contribution in [-0.4, -0.2) is 34.0 Å². The molecule has 1 unspecified atom stereocenters. The fourth-order valence-electron chi connectivity index (χ4n) is 2.43. The molecule has 0 radical (unpaired) electrons. The molecular formula is C13H15N3O2S. The van der Waals surface area contributed by atoms with Crippen molar-refractivity contribution in [2.75, 3.05) is 19.5 Å². The summed E-state index contributed by atoms with van der Waals surface area (Å²) < 4.78 is 7.15. The van der Waals surface area contributed by atoms with E-state index in [4.69, 9.17) is 4.74 Å². The van der Waals surface area contributed by atoms with Crippen molar-refractivity contribution in [3.63, 3.8) is 0 Å². The number of rotatable bonds is 2. The van der Waals surface area contributed by atoms with Crippen molar-refractivity contribution in [1.82, 2.24) is 14.5 Å². The van der Waals surface area contributed by atoms with Crippen molar-refractivity contribution >= 4 is 22.8 Å². The lowest BCUT2D eigenvalue weighted by Crippen LogP contribution is -2.25. The zero-order valence-electron chi connectivity index (χ0n) is 10.9. The van der Waals surface area contributed by atoms with E-state index in [9.17, 15) is 4.79 Å². The zero-order chi connectivity index (χ0) is 13.4. The number of hydrogen-bond donors (Lipinski definition) is 0. The molecule has 3 heterocycles. The van der Waals surface area contributed by atoms with Gasteiger partial charge in [0.05, 0.1) is 18.3 Å². The van der Waals surface area contributed by atoms with E-state index in [1.807, 2.05) is 19.2 Å². The van der Waals surface area contributed by atoms with Crippen LogP contribution in [0.4, 0.5) is 0 Å². The number of hydrogen-bond acceptors (Lipinski definition) is 5. The Kier molecular flexibility index (Phi) is 3.28. The molecule has 1 fully saturated rings. The summed E-state index contributed by atoms with van der Waals surface area (Å²) in [7, 11) is 0. The van der Waals surface area contributed by atoms with Crippen LogP contribution in [0.1, 0.15) is 18.2 Å². The van der Waals surface area contributed by atoms with Gasteiger partial charge in [0.2, 0.25) is 0 Å². The molecule has 3 rings (SSSR count). The SMILES string of the molecule is CSc1nc(C)c2ccc(=O)n(C3CCOC3)c2n1. The Hall–Kier alpha value is -1.40. The molecule has 0 bridgehead atoms. The highest BCUT2D eigenvalue weighted by atomic mass is 32.2. The second-order valence-corrected chi connectivity index (χ2v) is 5.37. The fourth-order valence-corrected chi connectivity index (χ4v) is 2.84. The van der Waals surface area contributed by atoms with Gasteiger partial charge in [-0.15, -0.1) is 0 Å². The van der Waals surface area contributed by atoms with E-state index < -0.39 is 0 Å². The Bertz CT molecular complexity index is 677. The fraction of sp³-hybridized carbons (Fsp3) is 0.462. The molecule has 100 valence electrons.